The molecule has 0 aliphatic rings. The number of nitrogens with zero attached hydrogens (tertiary/aromatic N) is 1. The van der Waals surface area contributed by atoms with Crippen LogP contribution in [0, 0.1) is 8.34 Å². The van der Waals surface area contributed by atoms with Crippen molar-refractivity contribution in [3.8, 4) is 5.69 Å². The molecule has 1 aromatic heterocycles. The van der Waals surface area contributed by atoms with Gasteiger partial charge in [-0.2, -0.15) is 0 Å². The van der Waals surface area contributed by atoms with Gasteiger partial charge in [0.2, 0.25) is 0 Å². The van der Waals surface area contributed by atoms with E-state index in [0.717, 1.165) is 14.9 Å². The van der Waals surface area contributed by atoms with E-state index in [9.17, 15) is 0 Å². The van der Waals surface area contributed by atoms with Gasteiger partial charge >= 0.3 is 0 Å². The van der Waals surface area contributed by atoms with Crippen molar-refractivity contribution in [2.24, 2.45) is 0 Å². The molecule has 0 bridgehead atoms. The number of rotatable bonds is 1. The smallest absolute Gasteiger partial charge is 0.182 e. The van der Waals surface area contributed by atoms with E-state index in [-0.39, 0.29) is 5.41 Å². The molecule has 1 aromatic carbocycles. The summed E-state index contributed by atoms with van der Waals surface area (Å²) in [6.07, 6.45) is 2.00. The second-order valence-corrected chi connectivity index (χ2v) is 7.57. The first-order chi connectivity index (χ1) is 8.30. The largest absolute Gasteiger partial charge is 0.337 e. The molecule has 0 atom stereocenters. The monoisotopic (exact) mass is 436 g/mol. The number of aromatic nitrogens is 2. The van der Waals surface area contributed by atoms with Crippen molar-refractivity contribution < 1.29 is 0 Å². The Morgan fingerprint density at radius 2 is 2.00 bits per heavy atom. The molecule has 0 saturated carbocycles. The fourth-order valence-electron chi connectivity index (χ4n) is 1.80. The molecule has 0 fully saturated rings. The molecule has 5 heteroatoms. The molecule has 0 aliphatic carbocycles. The maximum absolute atomic E-state index is 5.39. The average Bonchev–Trinajstić information content (AvgIpc) is 2.64. The number of H-pyrrole nitrogens is 1. The van der Waals surface area contributed by atoms with Crippen LogP contribution in [0.3, 0.4) is 0 Å². The quantitative estimate of drug-likeness (QED) is 0.481. The van der Waals surface area contributed by atoms with E-state index in [2.05, 4.69) is 87.0 Å². The second-order valence-electron chi connectivity index (χ2n) is 5.16. The molecule has 18 heavy (non-hydrogen) atoms. The van der Waals surface area contributed by atoms with E-state index in [1.165, 1.54) is 9.26 Å². The van der Waals surface area contributed by atoms with Crippen LogP contribution in [-0.4, -0.2) is 9.55 Å². The van der Waals surface area contributed by atoms with Crippen LogP contribution in [-0.2, 0) is 5.41 Å². The van der Waals surface area contributed by atoms with Gasteiger partial charge in [-0.25, -0.2) is 0 Å². The van der Waals surface area contributed by atoms with E-state index in [1.807, 2.05) is 6.20 Å². The molecule has 2 aromatic rings. The van der Waals surface area contributed by atoms with Crippen LogP contribution in [0.25, 0.3) is 5.69 Å². The summed E-state index contributed by atoms with van der Waals surface area (Å²) in [7, 11) is 0. The zero-order chi connectivity index (χ0) is 13.5. The SMILES string of the molecule is CC(C)(C)c1c[nH]c(=S)n1-c1ccc(Br)c(I)c1. The predicted octanol–water partition coefficient (Wildman–Crippen LogP) is 5.20. The summed E-state index contributed by atoms with van der Waals surface area (Å²) < 4.78 is 5.11. The minimum Gasteiger partial charge on any atom is -0.337 e. The van der Waals surface area contributed by atoms with Crippen molar-refractivity contribution in [1.82, 2.24) is 9.55 Å². The highest BCUT2D eigenvalue weighted by molar-refractivity contribution is 14.1. The lowest BCUT2D eigenvalue weighted by atomic mass is 9.92. The number of nitrogens with one attached hydrogen (secondary N) is 1. The van der Waals surface area contributed by atoms with Gasteiger partial charge in [0.05, 0.1) is 0 Å². The molecular weight excluding hydrogens is 423 g/mol. The Hall–Kier alpha value is -0.140. The van der Waals surface area contributed by atoms with Crippen molar-refractivity contribution in [2.75, 3.05) is 0 Å². The summed E-state index contributed by atoms with van der Waals surface area (Å²) in [6, 6.07) is 6.26. The molecule has 0 spiro atoms. The zero-order valence-electron chi connectivity index (χ0n) is 10.4. The first-order valence-corrected chi connectivity index (χ1v) is 7.85. The van der Waals surface area contributed by atoms with E-state index >= 15 is 0 Å². The van der Waals surface area contributed by atoms with Crippen LogP contribution >= 0.6 is 50.7 Å². The van der Waals surface area contributed by atoms with E-state index < -0.39 is 0 Å². The first kappa shape index (κ1) is 14.3. The molecule has 2 nitrogen and oxygen atoms in total. The van der Waals surface area contributed by atoms with Crippen molar-refractivity contribution in [3.63, 3.8) is 0 Å². The van der Waals surface area contributed by atoms with E-state index in [1.54, 1.807) is 0 Å². The average molecular weight is 437 g/mol. The van der Waals surface area contributed by atoms with Crippen LogP contribution in [0.5, 0.6) is 0 Å². The third-order valence-corrected chi connectivity index (χ3v) is 5.33. The summed E-state index contributed by atoms with van der Waals surface area (Å²) in [5.41, 5.74) is 2.33. The normalized spacial score (nSPS) is 11.8. The standard InChI is InChI=1S/C13H14BrIN2S/c1-13(2,3)11-7-16-12(18)17(11)8-4-5-9(14)10(15)6-8/h4-7H,1-3H3,(H,16,18). The molecule has 0 aliphatic heterocycles. The molecule has 2 rings (SSSR count). The zero-order valence-corrected chi connectivity index (χ0v) is 15.0. The Labute approximate surface area is 134 Å². The number of aromatic amines is 1. The molecule has 1 N–H and O–H groups in total. The number of benzene rings is 1. The number of halogens is 2. The Bertz CT molecular complexity index is 637. The summed E-state index contributed by atoms with van der Waals surface area (Å²) >= 11 is 11.2. The van der Waals surface area contributed by atoms with Gasteiger partial charge < -0.3 is 4.98 Å². The molecule has 0 unspecified atom stereocenters. The van der Waals surface area contributed by atoms with Gasteiger partial charge in [0, 0.05) is 31.0 Å². The van der Waals surface area contributed by atoms with Gasteiger partial charge in [-0.05, 0) is 68.9 Å². The highest BCUT2D eigenvalue weighted by atomic mass is 127. The molecular formula is C13H14BrIN2S. The number of imidazole rings is 1. The van der Waals surface area contributed by atoms with Crippen LogP contribution in [0.15, 0.2) is 28.9 Å². The maximum atomic E-state index is 5.39. The molecule has 96 valence electrons. The fraction of sp³-hybridized carbons (Fsp3) is 0.308. The first-order valence-electron chi connectivity index (χ1n) is 5.57. The summed E-state index contributed by atoms with van der Waals surface area (Å²) in [5.74, 6) is 0. The maximum Gasteiger partial charge on any atom is 0.182 e. The number of hydrogen-bond acceptors (Lipinski definition) is 1. The summed E-state index contributed by atoms with van der Waals surface area (Å²) in [4.78, 5) is 3.14. The fourth-order valence-corrected chi connectivity index (χ4v) is 2.81. The highest BCUT2D eigenvalue weighted by Crippen LogP contribution is 2.28. The lowest BCUT2D eigenvalue weighted by molar-refractivity contribution is 0.555. The van der Waals surface area contributed by atoms with Crippen molar-refractivity contribution >= 4 is 50.7 Å². The highest BCUT2D eigenvalue weighted by Gasteiger charge is 2.20. The van der Waals surface area contributed by atoms with Crippen molar-refractivity contribution in [2.45, 2.75) is 26.2 Å². The second kappa shape index (κ2) is 5.09. The van der Waals surface area contributed by atoms with Gasteiger partial charge in [0.25, 0.3) is 0 Å². The minimum atomic E-state index is 0.0477. The Kier molecular flexibility index (Phi) is 4.04. The van der Waals surface area contributed by atoms with Crippen LogP contribution in [0.1, 0.15) is 26.5 Å². The third kappa shape index (κ3) is 2.72. The van der Waals surface area contributed by atoms with Crippen molar-refractivity contribution in [1.29, 1.82) is 0 Å². The number of hydrogen-bond donors (Lipinski definition) is 1. The molecule has 1 heterocycles. The van der Waals surface area contributed by atoms with Gasteiger partial charge in [0.15, 0.2) is 4.77 Å². The predicted molar refractivity (Wildman–Crippen MR) is 90.1 cm³/mol. The lowest BCUT2D eigenvalue weighted by Gasteiger charge is -2.21. The minimum absolute atomic E-state index is 0.0477. The van der Waals surface area contributed by atoms with Crippen LogP contribution in [0.2, 0.25) is 0 Å². The third-order valence-electron chi connectivity index (χ3n) is 2.71. The summed E-state index contributed by atoms with van der Waals surface area (Å²) in [6.45, 7) is 6.56. The Morgan fingerprint density at radius 1 is 1.33 bits per heavy atom. The van der Waals surface area contributed by atoms with Gasteiger partial charge in [0.1, 0.15) is 0 Å². The molecule has 0 saturated heterocycles. The van der Waals surface area contributed by atoms with Gasteiger partial charge in [-0.3, -0.25) is 4.57 Å². The van der Waals surface area contributed by atoms with Gasteiger partial charge in [-0.15, -0.1) is 0 Å². The Morgan fingerprint density at radius 3 is 2.56 bits per heavy atom. The Balaban J connectivity index is 2.67. The van der Waals surface area contributed by atoms with Crippen LogP contribution in [0.4, 0.5) is 0 Å². The molecule has 0 radical (unpaired) electrons. The molecule has 0 amide bonds. The topological polar surface area (TPSA) is 20.7 Å². The van der Waals surface area contributed by atoms with E-state index in [4.69, 9.17) is 12.2 Å². The van der Waals surface area contributed by atoms with E-state index in [0.29, 0.717) is 0 Å². The van der Waals surface area contributed by atoms with Gasteiger partial charge in [-0.1, -0.05) is 20.8 Å². The lowest BCUT2D eigenvalue weighted by Crippen LogP contribution is -2.16. The van der Waals surface area contributed by atoms with Crippen molar-refractivity contribution in [3.05, 3.63) is 42.9 Å². The van der Waals surface area contributed by atoms with Crippen LogP contribution < -0.4 is 0 Å². The summed E-state index contributed by atoms with van der Waals surface area (Å²) in [5, 5.41) is 0.